The van der Waals surface area contributed by atoms with Crippen LogP contribution in [-0.2, 0) is 5.41 Å². The Kier molecular flexibility index (Phi) is 4.03. The molecule has 2 rings (SSSR count). The van der Waals surface area contributed by atoms with Crippen LogP contribution in [0.1, 0.15) is 25.3 Å². The predicted octanol–water partition coefficient (Wildman–Crippen LogP) is 3.78. The first-order chi connectivity index (χ1) is 8.64. The number of allylic oxidation sites excluding steroid dienone is 4. The zero-order valence-corrected chi connectivity index (χ0v) is 11.6. The molecule has 96 valence electrons. The topological polar surface area (TPSA) is 3.24 Å². The van der Waals surface area contributed by atoms with Crippen molar-refractivity contribution < 1.29 is 0 Å². The normalized spacial score (nSPS) is 19.1. The number of nitrogens with zero attached hydrogens (tertiary/aromatic N) is 1. The van der Waals surface area contributed by atoms with Crippen LogP contribution in [0, 0.1) is 0 Å². The number of rotatable bonds is 4. The molecule has 0 saturated heterocycles. The minimum atomic E-state index is 0.0726. The highest BCUT2D eigenvalue weighted by molar-refractivity contribution is 5.39. The Morgan fingerprint density at radius 3 is 2.28 bits per heavy atom. The minimum Gasteiger partial charge on any atom is -0.307 e. The molecule has 1 aromatic rings. The van der Waals surface area contributed by atoms with Crippen LogP contribution in [0.4, 0.5) is 0 Å². The van der Waals surface area contributed by atoms with Gasteiger partial charge in [-0.05, 0) is 39.4 Å². The predicted molar refractivity (Wildman–Crippen MR) is 78.8 cm³/mol. The van der Waals surface area contributed by atoms with Gasteiger partial charge in [-0.1, -0.05) is 54.6 Å². The lowest BCUT2D eigenvalue weighted by molar-refractivity contribution is 0.275. The second-order valence-corrected chi connectivity index (χ2v) is 5.46. The summed E-state index contributed by atoms with van der Waals surface area (Å²) in [4.78, 5) is 2.29. The molecule has 1 nitrogen and oxygen atoms in total. The molecule has 0 spiro atoms. The van der Waals surface area contributed by atoms with Crippen LogP contribution in [0.3, 0.4) is 0 Å². The van der Waals surface area contributed by atoms with Crippen LogP contribution in [0.5, 0.6) is 0 Å². The van der Waals surface area contributed by atoms with Gasteiger partial charge in [0, 0.05) is 11.5 Å². The smallest absolute Gasteiger partial charge is 0.0327 e. The van der Waals surface area contributed by atoms with E-state index < -0.39 is 0 Å². The van der Waals surface area contributed by atoms with E-state index in [4.69, 9.17) is 0 Å². The van der Waals surface area contributed by atoms with Crippen LogP contribution >= 0.6 is 0 Å². The van der Waals surface area contributed by atoms with E-state index in [9.17, 15) is 0 Å². The van der Waals surface area contributed by atoms with Gasteiger partial charge < -0.3 is 4.90 Å². The molecule has 1 atom stereocenters. The maximum Gasteiger partial charge on any atom is 0.0327 e. The highest BCUT2D eigenvalue weighted by Crippen LogP contribution is 2.35. The summed E-state index contributed by atoms with van der Waals surface area (Å²) in [6.07, 6.45) is 11.5. The average Bonchev–Trinajstić information content (AvgIpc) is 2.40. The fraction of sp³-hybridized carbons (Fsp3) is 0.412. The average molecular weight is 241 g/mol. The van der Waals surface area contributed by atoms with E-state index in [1.165, 1.54) is 5.56 Å². The van der Waals surface area contributed by atoms with Gasteiger partial charge in [0.1, 0.15) is 0 Å². The fourth-order valence-electron chi connectivity index (χ4n) is 2.56. The molecule has 0 amide bonds. The Hall–Kier alpha value is -1.34. The van der Waals surface area contributed by atoms with E-state index in [1.807, 2.05) is 0 Å². The van der Waals surface area contributed by atoms with Crippen molar-refractivity contribution in [3.8, 4) is 0 Å². The van der Waals surface area contributed by atoms with Crippen LogP contribution in [-0.4, -0.2) is 25.0 Å². The molecular weight excluding hydrogens is 218 g/mol. The van der Waals surface area contributed by atoms with E-state index in [0.29, 0.717) is 6.04 Å². The van der Waals surface area contributed by atoms with Crippen molar-refractivity contribution >= 4 is 0 Å². The Morgan fingerprint density at radius 2 is 1.72 bits per heavy atom. The molecule has 0 heterocycles. The third-order valence-corrected chi connectivity index (χ3v) is 3.93. The summed E-state index contributed by atoms with van der Waals surface area (Å²) in [5.74, 6) is 0. The first kappa shape index (κ1) is 13.1. The van der Waals surface area contributed by atoms with Gasteiger partial charge >= 0.3 is 0 Å². The maximum absolute atomic E-state index is 2.38. The first-order valence-electron chi connectivity index (χ1n) is 6.71. The quantitative estimate of drug-likeness (QED) is 0.725. The highest BCUT2D eigenvalue weighted by Gasteiger charge is 2.29. The van der Waals surface area contributed by atoms with E-state index in [2.05, 4.69) is 80.6 Å². The van der Waals surface area contributed by atoms with Crippen LogP contribution < -0.4 is 0 Å². The second kappa shape index (κ2) is 5.53. The lowest BCUT2D eigenvalue weighted by Crippen LogP contribution is -2.34. The number of hydrogen-bond acceptors (Lipinski definition) is 1. The molecule has 1 heteroatoms. The molecule has 0 N–H and O–H groups in total. The maximum atomic E-state index is 2.38. The fourth-order valence-corrected chi connectivity index (χ4v) is 2.56. The van der Waals surface area contributed by atoms with Gasteiger partial charge in [0.05, 0.1) is 0 Å². The molecule has 0 radical (unpaired) electrons. The Balaban J connectivity index is 2.33. The van der Waals surface area contributed by atoms with Gasteiger partial charge in [0.25, 0.3) is 0 Å². The lowest BCUT2D eigenvalue weighted by atomic mass is 9.73. The molecular formula is C17H23N. The summed E-state index contributed by atoms with van der Waals surface area (Å²) in [6.45, 7) is 2.29. The highest BCUT2D eigenvalue weighted by atomic mass is 15.1. The molecule has 1 aliphatic carbocycles. The van der Waals surface area contributed by atoms with E-state index in [1.54, 1.807) is 0 Å². The molecule has 0 unspecified atom stereocenters. The second-order valence-electron chi connectivity index (χ2n) is 5.46. The van der Waals surface area contributed by atoms with Crippen LogP contribution in [0.25, 0.3) is 0 Å². The molecule has 1 aromatic carbocycles. The molecule has 1 aliphatic rings. The third-order valence-electron chi connectivity index (χ3n) is 3.93. The monoisotopic (exact) mass is 241 g/mol. The zero-order valence-electron chi connectivity index (χ0n) is 11.6. The van der Waals surface area contributed by atoms with E-state index in [-0.39, 0.29) is 5.41 Å². The zero-order chi connectivity index (χ0) is 13.0. The molecule has 0 bridgehead atoms. The summed E-state index contributed by atoms with van der Waals surface area (Å²) in [5.41, 5.74) is 1.47. The van der Waals surface area contributed by atoms with Crippen LogP contribution in [0.15, 0.2) is 54.6 Å². The SMILES string of the molecule is C[C@H](CC1(c2ccccc2)C=CCC=C1)N(C)C. The largest absolute Gasteiger partial charge is 0.307 e. The van der Waals surface area contributed by atoms with E-state index >= 15 is 0 Å². The molecule has 0 saturated carbocycles. The standard InChI is InChI=1S/C17H23N/c1-15(18(2)3)14-17(12-8-5-9-13-17)16-10-6-4-7-11-16/h4,6-13,15H,5,14H2,1-3H3/t15-/m1/s1. The van der Waals surface area contributed by atoms with Gasteiger partial charge in [-0.3, -0.25) is 0 Å². The number of hydrogen-bond donors (Lipinski definition) is 0. The van der Waals surface area contributed by atoms with Gasteiger partial charge in [-0.2, -0.15) is 0 Å². The molecule has 0 aliphatic heterocycles. The van der Waals surface area contributed by atoms with Gasteiger partial charge in [0.15, 0.2) is 0 Å². The Labute approximate surface area is 111 Å². The van der Waals surface area contributed by atoms with Crippen molar-refractivity contribution in [1.29, 1.82) is 0 Å². The summed E-state index contributed by atoms with van der Waals surface area (Å²) in [5, 5.41) is 0. The van der Waals surface area contributed by atoms with Gasteiger partial charge in [-0.15, -0.1) is 0 Å². The van der Waals surface area contributed by atoms with Crippen molar-refractivity contribution in [1.82, 2.24) is 4.90 Å². The van der Waals surface area contributed by atoms with Gasteiger partial charge in [-0.25, -0.2) is 0 Å². The van der Waals surface area contributed by atoms with Gasteiger partial charge in [0.2, 0.25) is 0 Å². The minimum absolute atomic E-state index is 0.0726. The summed E-state index contributed by atoms with van der Waals surface area (Å²) in [6, 6.07) is 11.4. The molecule has 0 fully saturated rings. The Morgan fingerprint density at radius 1 is 1.11 bits per heavy atom. The molecule has 0 aromatic heterocycles. The molecule has 18 heavy (non-hydrogen) atoms. The summed E-state index contributed by atoms with van der Waals surface area (Å²) < 4.78 is 0. The number of benzene rings is 1. The van der Waals surface area contributed by atoms with E-state index in [0.717, 1.165) is 12.8 Å². The lowest BCUT2D eigenvalue weighted by Gasteiger charge is -2.35. The Bertz CT molecular complexity index is 416. The third kappa shape index (κ3) is 2.73. The first-order valence-corrected chi connectivity index (χ1v) is 6.71. The summed E-state index contributed by atoms with van der Waals surface area (Å²) in [7, 11) is 4.30. The van der Waals surface area contributed by atoms with Crippen LogP contribution in [0.2, 0.25) is 0 Å². The van der Waals surface area contributed by atoms with Crippen molar-refractivity contribution in [2.24, 2.45) is 0 Å². The van der Waals surface area contributed by atoms with Crippen molar-refractivity contribution in [3.63, 3.8) is 0 Å². The van der Waals surface area contributed by atoms with Crippen molar-refractivity contribution in [3.05, 3.63) is 60.2 Å². The summed E-state index contributed by atoms with van der Waals surface area (Å²) >= 11 is 0. The van der Waals surface area contributed by atoms with Crippen molar-refractivity contribution in [2.75, 3.05) is 14.1 Å². The van der Waals surface area contributed by atoms with Crippen molar-refractivity contribution in [2.45, 2.75) is 31.2 Å².